The topological polar surface area (TPSA) is 42.0 Å². The summed E-state index contributed by atoms with van der Waals surface area (Å²) in [5.41, 5.74) is 3.84. The Morgan fingerprint density at radius 2 is 1.97 bits per heavy atom. The van der Waals surface area contributed by atoms with Crippen molar-refractivity contribution in [2.45, 2.75) is 51.2 Å². The normalized spacial score (nSPS) is 22.0. The molecule has 2 aromatic carbocycles. The van der Waals surface area contributed by atoms with Gasteiger partial charge in [0.05, 0.1) is 12.3 Å². The Bertz CT molecular complexity index is 1070. The monoisotopic (exact) mass is 474 g/mol. The molecule has 2 aromatic rings. The molecule has 3 aliphatic rings. The van der Waals surface area contributed by atoms with Crippen molar-refractivity contribution in [1.29, 1.82) is 0 Å². The van der Waals surface area contributed by atoms with Crippen LogP contribution in [0.4, 0.5) is 10.5 Å². The smallest absolute Gasteiger partial charge is 0.410 e. The minimum absolute atomic E-state index is 0.206. The van der Waals surface area contributed by atoms with Crippen LogP contribution in [0.15, 0.2) is 30.3 Å². The van der Waals surface area contributed by atoms with Crippen LogP contribution in [0.25, 0.3) is 11.1 Å². The standard InChI is InChI=1S/C25H28Cl2N2O3/c1-25(2,3)32-24(30)28-9-7-21-19(14-28)18-11-15(17-6-5-16(26)13-20(17)27)12-22-23(18)29(21)8-4-10-31-22/h5-6,11-13,19,21H,4,7-10,14H2,1-3H3/t19-,21-/m0/s1. The van der Waals surface area contributed by atoms with Crippen LogP contribution in [-0.4, -0.2) is 48.9 Å². The number of rotatable bonds is 1. The number of anilines is 1. The predicted molar refractivity (Wildman–Crippen MR) is 128 cm³/mol. The van der Waals surface area contributed by atoms with E-state index in [1.807, 2.05) is 37.8 Å². The van der Waals surface area contributed by atoms with Gasteiger partial charge in [-0.2, -0.15) is 0 Å². The maximum absolute atomic E-state index is 12.8. The van der Waals surface area contributed by atoms with E-state index in [2.05, 4.69) is 17.0 Å². The van der Waals surface area contributed by atoms with Gasteiger partial charge in [0.25, 0.3) is 0 Å². The summed E-state index contributed by atoms with van der Waals surface area (Å²) in [6.45, 7) is 8.72. The van der Waals surface area contributed by atoms with Gasteiger partial charge < -0.3 is 19.3 Å². The van der Waals surface area contributed by atoms with Crippen LogP contribution in [0.2, 0.25) is 10.0 Å². The van der Waals surface area contributed by atoms with Crippen LogP contribution >= 0.6 is 23.2 Å². The summed E-state index contributed by atoms with van der Waals surface area (Å²) in [5, 5.41) is 1.23. The average Bonchev–Trinajstić information content (AvgIpc) is 2.87. The van der Waals surface area contributed by atoms with Gasteiger partial charge in [-0.3, -0.25) is 0 Å². The molecule has 1 fully saturated rings. The van der Waals surface area contributed by atoms with Crippen LogP contribution in [0.5, 0.6) is 5.75 Å². The molecule has 0 radical (unpaired) electrons. The van der Waals surface area contributed by atoms with E-state index in [0.29, 0.717) is 35.8 Å². The summed E-state index contributed by atoms with van der Waals surface area (Å²) in [5.74, 6) is 1.11. The molecule has 0 spiro atoms. The van der Waals surface area contributed by atoms with Crippen LogP contribution in [0.3, 0.4) is 0 Å². The van der Waals surface area contributed by atoms with Crippen LogP contribution in [-0.2, 0) is 4.74 Å². The average molecular weight is 475 g/mol. The van der Waals surface area contributed by atoms with Crippen molar-refractivity contribution in [3.8, 4) is 16.9 Å². The first-order chi connectivity index (χ1) is 15.2. The van der Waals surface area contributed by atoms with E-state index in [0.717, 1.165) is 36.3 Å². The Labute approximate surface area is 199 Å². The van der Waals surface area contributed by atoms with Gasteiger partial charge in [-0.1, -0.05) is 29.3 Å². The van der Waals surface area contributed by atoms with Crippen molar-refractivity contribution < 1.29 is 14.3 Å². The number of benzene rings is 2. The zero-order chi connectivity index (χ0) is 22.6. The molecule has 0 aromatic heterocycles. The van der Waals surface area contributed by atoms with E-state index in [9.17, 15) is 4.79 Å². The summed E-state index contributed by atoms with van der Waals surface area (Å²) in [6, 6.07) is 10.3. The van der Waals surface area contributed by atoms with Crippen LogP contribution in [0.1, 0.15) is 45.1 Å². The fourth-order valence-electron chi connectivity index (χ4n) is 5.18. The molecule has 1 saturated heterocycles. The quantitative estimate of drug-likeness (QED) is 0.482. The number of halogens is 2. The zero-order valence-corrected chi connectivity index (χ0v) is 20.2. The molecular formula is C25H28Cl2N2O3. The van der Waals surface area contributed by atoms with Crippen LogP contribution in [0, 0.1) is 0 Å². The third kappa shape index (κ3) is 3.90. The van der Waals surface area contributed by atoms with Gasteiger partial charge in [0.15, 0.2) is 0 Å². The van der Waals surface area contributed by atoms with E-state index in [1.165, 1.54) is 11.3 Å². The molecule has 2 atom stereocenters. The summed E-state index contributed by atoms with van der Waals surface area (Å²) < 4.78 is 11.9. The summed E-state index contributed by atoms with van der Waals surface area (Å²) >= 11 is 12.7. The first-order valence-electron chi connectivity index (χ1n) is 11.2. The van der Waals surface area contributed by atoms with Gasteiger partial charge in [-0.25, -0.2) is 4.79 Å². The van der Waals surface area contributed by atoms with Crippen LogP contribution < -0.4 is 9.64 Å². The summed E-state index contributed by atoms with van der Waals surface area (Å²) in [7, 11) is 0. The lowest BCUT2D eigenvalue weighted by molar-refractivity contribution is 0.0189. The summed E-state index contributed by atoms with van der Waals surface area (Å²) in [6.07, 6.45) is 1.65. The molecule has 0 saturated carbocycles. The number of carbonyl (C=O) groups is 1. The molecular weight excluding hydrogens is 447 g/mol. The molecule has 5 rings (SSSR count). The largest absolute Gasteiger partial charge is 0.491 e. The Kier molecular flexibility index (Phi) is 5.45. The highest BCUT2D eigenvalue weighted by Crippen LogP contribution is 2.52. The second kappa shape index (κ2) is 8.03. The molecule has 0 bridgehead atoms. The maximum atomic E-state index is 12.8. The van der Waals surface area contributed by atoms with E-state index in [1.54, 1.807) is 6.07 Å². The lowest BCUT2D eigenvalue weighted by atomic mass is 9.87. The van der Waals surface area contributed by atoms with Crippen molar-refractivity contribution >= 4 is 35.0 Å². The highest BCUT2D eigenvalue weighted by Gasteiger charge is 2.45. The molecule has 7 heteroatoms. The number of carbonyl (C=O) groups excluding carboxylic acids is 1. The fraction of sp³-hybridized carbons (Fsp3) is 0.480. The van der Waals surface area contributed by atoms with Crippen molar-refractivity contribution in [3.63, 3.8) is 0 Å². The fourth-order valence-corrected chi connectivity index (χ4v) is 5.70. The Balaban J connectivity index is 1.55. The molecule has 170 valence electrons. The van der Waals surface area contributed by atoms with E-state index >= 15 is 0 Å². The number of likely N-dealkylation sites (tertiary alicyclic amines) is 1. The Morgan fingerprint density at radius 1 is 1.16 bits per heavy atom. The molecule has 0 unspecified atom stereocenters. The van der Waals surface area contributed by atoms with Gasteiger partial charge in [0.2, 0.25) is 0 Å². The number of fused-ring (bicyclic) bond motifs is 3. The minimum Gasteiger partial charge on any atom is -0.491 e. The van der Waals surface area contributed by atoms with Crippen molar-refractivity contribution in [2.24, 2.45) is 0 Å². The number of amides is 1. The molecule has 0 aliphatic carbocycles. The lowest BCUT2D eigenvalue weighted by Gasteiger charge is -2.39. The molecule has 3 heterocycles. The van der Waals surface area contributed by atoms with E-state index in [4.69, 9.17) is 32.7 Å². The van der Waals surface area contributed by atoms with E-state index < -0.39 is 5.60 Å². The zero-order valence-electron chi connectivity index (χ0n) is 18.7. The van der Waals surface area contributed by atoms with Gasteiger partial charge in [-0.05, 0) is 69.0 Å². The highest BCUT2D eigenvalue weighted by atomic mass is 35.5. The molecule has 1 amide bonds. The number of nitrogens with zero attached hydrogens (tertiary/aromatic N) is 2. The molecule has 5 nitrogen and oxygen atoms in total. The minimum atomic E-state index is -0.506. The van der Waals surface area contributed by atoms with Crippen molar-refractivity contribution in [2.75, 3.05) is 31.1 Å². The molecule has 0 N–H and O–H groups in total. The maximum Gasteiger partial charge on any atom is 0.410 e. The van der Waals surface area contributed by atoms with Gasteiger partial charge in [0.1, 0.15) is 11.4 Å². The predicted octanol–water partition coefficient (Wildman–Crippen LogP) is 6.36. The lowest BCUT2D eigenvalue weighted by Crippen LogP contribution is -2.49. The third-order valence-corrected chi connectivity index (χ3v) is 7.01. The van der Waals surface area contributed by atoms with Gasteiger partial charge in [-0.15, -0.1) is 0 Å². The third-order valence-electron chi connectivity index (χ3n) is 6.46. The summed E-state index contributed by atoms with van der Waals surface area (Å²) in [4.78, 5) is 17.2. The van der Waals surface area contributed by atoms with E-state index in [-0.39, 0.29) is 12.0 Å². The molecule has 3 aliphatic heterocycles. The number of ether oxygens (including phenoxy) is 2. The first-order valence-corrected chi connectivity index (χ1v) is 12.0. The second-order valence-electron chi connectivity index (χ2n) is 9.82. The highest BCUT2D eigenvalue weighted by molar-refractivity contribution is 6.36. The number of hydrogen-bond donors (Lipinski definition) is 0. The van der Waals surface area contributed by atoms with Gasteiger partial charge in [0, 0.05) is 47.2 Å². The molecule has 32 heavy (non-hydrogen) atoms. The Hall–Kier alpha value is -2.11. The Morgan fingerprint density at radius 3 is 2.72 bits per heavy atom. The van der Waals surface area contributed by atoms with Crippen molar-refractivity contribution in [3.05, 3.63) is 45.9 Å². The second-order valence-corrected chi connectivity index (χ2v) is 10.7. The first kappa shape index (κ1) is 21.7. The SMILES string of the molecule is CC(C)(C)OC(=O)N1CC[C@H]2[C@@H](C1)c1cc(-c3ccc(Cl)cc3Cl)cc3c1N2CCCO3. The number of hydrogen-bond acceptors (Lipinski definition) is 4. The van der Waals surface area contributed by atoms with Gasteiger partial charge >= 0.3 is 6.09 Å². The number of piperidine rings is 1. The van der Waals surface area contributed by atoms with Crippen molar-refractivity contribution in [1.82, 2.24) is 4.90 Å².